The van der Waals surface area contributed by atoms with Gasteiger partial charge in [0.1, 0.15) is 0 Å². The molecule has 1 aromatic rings. The normalized spacial score (nSPS) is 11.4. The van der Waals surface area contributed by atoms with Crippen LogP contribution in [0.3, 0.4) is 0 Å². The molecule has 0 aliphatic heterocycles. The van der Waals surface area contributed by atoms with Gasteiger partial charge in [-0.1, -0.05) is 24.3 Å². The lowest BCUT2D eigenvalue weighted by molar-refractivity contribution is 1.31. The van der Waals surface area contributed by atoms with Crippen LogP contribution in [0.2, 0.25) is 0 Å². The van der Waals surface area contributed by atoms with Crippen LogP contribution < -0.4 is 5.32 Å². The van der Waals surface area contributed by atoms with Gasteiger partial charge >= 0.3 is 0 Å². The molecular formula is C13H16BrNS. The van der Waals surface area contributed by atoms with Crippen molar-refractivity contribution in [3.63, 3.8) is 0 Å². The summed E-state index contributed by atoms with van der Waals surface area (Å²) in [6, 6.07) is 4.35. The number of aryl methyl sites for hydroxylation is 3. The van der Waals surface area contributed by atoms with Gasteiger partial charge in [-0.3, -0.25) is 0 Å². The molecule has 0 fully saturated rings. The van der Waals surface area contributed by atoms with E-state index >= 15 is 0 Å². The van der Waals surface area contributed by atoms with Crippen LogP contribution in [0.15, 0.2) is 34.1 Å². The number of hydrogen-bond donors (Lipinski definition) is 1. The SMILES string of the molecule is C=CS/C=C(\Br)Nc1c(C)cc(C)cc1C. The third-order valence-electron chi connectivity index (χ3n) is 2.19. The Bertz CT molecular complexity index is 401. The Morgan fingerprint density at radius 3 is 2.38 bits per heavy atom. The van der Waals surface area contributed by atoms with Crippen molar-refractivity contribution in [2.24, 2.45) is 0 Å². The number of anilines is 1. The lowest BCUT2D eigenvalue weighted by Gasteiger charge is -2.13. The zero-order valence-electron chi connectivity index (χ0n) is 9.80. The fraction of sp³-hybridized carbons (Fsp3) is 0.231. The van der Waals surface area contributed by atoms with E-state index in [4.69, 9.17) is 0 Å². The van der Waals surface area contributed by atoms with E-state index < -0.39 is 0 Å². The van der Waals surface area contributed by atoms with E-state index in [0.29, 0.717) is 0 Å². The number of thioether (sulfide) groups is 1. The van der Waals surface area contributed by atoms with E-state index in [9.17, 15) is 0 Å². The second kappa shape index (κ2) is 6.16. The zero-order valence-corrected chi connectivity index (χ0v) is 12.2. The Morgan fingerprint density at radius 2 is 1.88 bits per heavy atom. The van der Waals surface area contributed by atoms with Gasteiger partial charge in [-0.2, -0.15) is 0 Å². The van der Waals surface area contributed by atoms with Crippen molar-refractivity contribution >= 4 is 33.4 Å². The minimum atomic E-state index is 0.951. The van der Waals surface area contributed by atoms with Crippen molar-refractivity contribution < 1.29 is 0 Å². The molecule has 0 aromatic heterocycles. The highest BCUT2D eigenvalue weighted by molar-refractivity contribution is 9.11. The van der Waals surface area contributed by atoms with E-state index in [1.54, 1.807) is 17.2 Å². The molecule has 3 heteroatoms. The van der Waals surface area contributed by atoms with E-state index in [-0.39, 0.29) is 0 Å². The summed E-state index contributed by atoms with van der Waals surface area (Å²) < 4.78 is 0.951. The molecule has 1 N–H and O–H groups in total. The fourth-order valence-corrected chi connectivity index (χ4v) is 2.43. The highest BCUT2D eigenvalue weighted by Gasteiger charge is 2.03. The molecule has 0 aliphatic rings. The molecule has 0 unspecified atom stereocenters. The smallest absolute Gasteiger partial charge is 0.0891 e. The summed E-state index contributed by atoms with van der Waals surface area (Å²) in [6.07, 6.45) is 0. The third-order valence-corrected chi connectivity index (χ3v) is 3.48. The second-order valence-electron chi connectivity index (χ2n) is 3.67. The average Bonchev–Trinajstić information content (AvgIpc) is 2.20. The van der Waals surface area contributed by atoms with Gasteiger partial charge in [0.2, 0.25) is 0 Å². The Balaban J connectivity index is 2.93. The summed E-state index contributed by atoms with van der Waals surface area (Å²) in [5.41, 5.74) is 4.97. The maximum absolute atomic E-state index is 3.66. The Hall–Kier alpha value is -0.670. The van der Waals surface area contributed by atoms with Crippen LogP contribution in [0, 0.1) is 20.8 Å². The van der Waals surface area contributed by atoms with Gasteiger partial charge in [-0.15, -0.1) is 11.8 Å². The van der Waals surface area contributed by atoms with Gasteiger partial charge in [0, 0.05) is 11.1 Å². The van der Waals surface area contributed by atoms with Crippen LogP contribution in [0.5, 0.6) is 0 Å². The first-order valence-corrected chi connectivity index (χ1v) is 6.75. The highest BCUT2D eigenvalue weighted by atomic mass is 79.9. The predicted octanol–water partition coefficient (Wildman–Crippen LogP) is 5.09. The summed E-state index contributed by atoms with van der Waals surface area (Å²) in [4.78, 5) is 0. The lowest BCUT2D eigenvalue weighted by Crippen LogP contribution is -1.98. The molecule has 0 heterocycles. The molecule has 0 spiro atoms. The third kappa shape index (κ3) is 3.72. The summed E-state index contributed by atoms with van der Waals surface area (Å²) in [5, 5.41) is 7.12. The quantitative estimate of drug-likeness (QED) is 0.777. The highest BCUT2D eigenvalue weighted by Crippen LogP contribution is 2.25. The first-order valence-electron chi connectivity index (χ1n) is 5.01. The molecule has 0 saturated carbocycles. The number of nitrogens with one attached hydrogen (secondary N) is 1. The van der Waals surface area contributed by atoms with Gasteiger partial charge < -0.3 is 5.32 Å². The molecule has 0 amide bonds. The van der Waals surface area contributed by atoms with Gasteiger partial charge in [-0.05, 0) is 53.2 Å². The minimum absolute atomic E-state index is 0.951. The summed E-state index contributed by atoms with van der Waals surface area (Å²) in [7, 11) is 0. The van der Waals surface area contributed by atoms with Gasteiger partial charge in [0.05, 0.1) is 4.61 Å². The fourth-order valence-electron chi connectivity index (χ4n) is 1.63. The molecule has 0 radical (unpaired) electrons. The van der Waals surface area contributed by atoms with E-state index in [1.165, 1.54) is 22.4 Å². The van der Waals surface area contributed by atoms with Gasteiger partial charge in [-0.25, -0.2) is 0 Å². The maximum Gasteiger partial charge on any atom is 0.0891 e. The summed E-state index contributed by atoms with van der Waals surface area (Å²) in [5.74, 6) is 0. The van der Waals surface area contributed by atoms with Crippen LogP contribution in [0.25, 0.3) is 0 Å². The van der Waals surface area contributed by atoms with Crippen molar-refractivity contribution in [1.29, 1.82) is 0 Å². The lowest BCUT2D eigenvalue weighted by atomic mass is 10.1. The van der Waals surface area contributed by atoms with Crippen LogP contribution in [-0.2, 0) is 0 Å². The van der Waals surface area contributed by atoms with Crippen molar-refractivity contribution in [3.8, 4) is 0 Å². The first kappa shape index (κ1) is 13.4. The van der Waals surface area contributed by atoms with Crippen LogP contribution in [0.4, 0.5) is 5.69 Å². The molecule has 0 aliphatic carbocycles. The topological polar surface area (TPSA) is 12.0 Å². The average molecular weight is 298 g/mol. The second-order valence-corrected chi connectivity index (χ2v) is 5.36. The zero-order chi connectivity index (χ0) is 12.1. The molecule has 1 nitrogen and oxygen atoms in total. The summed E-state index contributed by atoms with van der Waals surface area (Å²) >= 11 is 5.03. The molecule has 0 bridgehead atoms. The van der Waals surface area contributed by atoms with Crippen molar-refractivity contribution in [2.45, 2.75) is 20.8 Å². The molecule has 0 atom stereocenters. The standard InChI is InChI=1S/C13H16BrNS/c1-5-16-8-12(14)15-13-10(3)6-9(2)7-11(13)4/h5-8,15H,1H2,2-4H3/b12-8+. The van der Waals surface area contributed by atoms with E-state index in [2.05, 4.69) is 60.7 Å². The Kier molecular flexibility index (Phi) is 5.16. The Labute approximate surface area is 110 Å². The summed E-state index contributed by atoms with van der Waals surface area (Å²) in [6.45, 7) is 10.00. The largest absolute Gasteiger partial charge is 0.349 e. The maximum atomic E-state index is 3.66. The van der Waals surface area contributed by atoms with Crippen LogP contribution in [0.1, 0.15) is 16.7 Å². The van der Waals surface area contributed by atoms with Crippen molar-refractivity contribution in [2.75, 3.05) is 5.32 Å². The van der Waals surface area contributed by atoms with Crippen LogP contribution >= 0.6 is 27.7 Å². The molecule has 1 rings (SSSR count). The number of rotatable bonds is 4. The van der Waals surface area contributed by atoms with Crippen molar-refractivity contribution in [3.05, 3.63) is 50.8 Å². The van der Waals surface area contributed by atoms with Crippen molar-refractivity contribution in [1.82, 2.24) is 0 Å². The van der Waals surface area contributed by atoms with Gasteiger partial charge in [0.15, 0.2) is 0 Å². The van der Waals surface area contributed by atoms with Gasteiger partial charge in [0.25, 0.3) is 0 Å². The number of halogens is 1. The number of benzene rings is 1. The first-order chi connectivity index (χ1) is 7.54. The van der Waals surface area contributed by atoms with Crippen LogP contribution in [-0.4, -0.2) is 0 Å². The van der Waals surface area contributed by atoms with E-state index in [0.717, 1.165) is 4.61 Å². The Morgan fingerprint density at radius 1 is 1.31 bits per heavy atom. The number of hydrogen-bond acceptors (Lipinski definition) is 2. The monoisotopic (exact) mass is 297 g/mol. The molecule has 0 saturated heterocycles. The molecule has 86 valence electrons. The molecule has 16 heavy (non-hydrogen) atoms. The van der Waals surface area contributed by atoms with E-state index in [1.807, 2.05) is 5.41 Å². The molecular weight excluding hydrogens is 282 g/mol. The predicted molar refractivity (Wildman–Crippen MR) is 79.1 cm³/mol. The minimum Gasteiger partial charge on any atom is -0.349 e. The molecule has 1 aromatic carbocycles.